The zero-order valence-corrected chi connectivity index (χ0v) is 6.58. The number of aryl methyl sites for hydroxylation is 1. The summed E-state index contributed by atoms with van der Waals surface area (Å²) in [5.41, 5.74) is 0.799. The molecule has 0 aliphatic heterocycles. The first kappa shape index (κ1) is 7.21. The number of hydrogen-bond acceptors (Lipinski definition) is 2. The van der Waals surface area contributed by atoms with Gasteiger partial charge in [0.1, 0.15) is 0 Å². The number of hydrogen-bond donors (Lipinski definition) is 0. The van der Waals surface area contributed by atoms with Crippen LogP contribution in [-0.2, 0) is 6.42 Å². The van der Waals surface area contributed by atoms with E-state index in [1.807, 2.05) is 6.92 Å². The van der Waals surface area contributed by atoms with E-state index in [0.717, 1.165) is 18.3 Å². The number of nitrogens with zero attached hydrogens (tertiary/aromatic N) is 3. The summed E-state index contributed by atoms with van der Waals surface area (Å²) in [6.07, 6.45) is 6.13. The molecule has 0 unspecified atom stereocenters. The van der Waals surface area contributed by atoms with Gasteiger partial charge in [-0.2, -0.15) is 0 Å². The molecule has 0 saturated heterocycles. The lowest BCUT2D eigenvalue weighted by Crippen LogP contribution is -1.88. The van der Waals surface area contributed by atoms with Crippen molar-refractivity contribution in [2.75, 3.05) is 0 Å². The van der Waals surface area contributed by atoms with Gasteiger partial charge in [-0.25, -0.2) is 14.4 Å². The Hall–Kier alpha value is -1.45. The van der Waals surface area contributed by atoms with E-state index in [0.29, 0.717) is 5.78 Å². The number of aromatic nitrogens is 3. The van der Waals surface area contributed by atoms with E-state index in [1.54, 1.807) is 0 Å². The van der Waals surface area contributed by atoms with E-state index < -0.39 is 0 Å². The highest BCUT2D eigenvalue weighted by Gasteiger charge is 2.01. The third kappa shape index (κ3) is 1.05. The molecule has 0 saturated carbocycles. The quantitative estimate of drug-likeness (QED) is 0.634. The van der Waals surface area contributed by atoms with Gasteiger partial charge in [0, 0.05) is 0 Å². The first-order valence-electron chi connectivity index (χ1n) is 3.71. The second kappa shape index (κ2) is 2.55. The predicted octanol–water partition coefficient (Wildman–Crippen LogP) is 1.23. The van der Waals surface area contributed by atoms with Crippen LogP contribution in [0.3, 0.4) is 0 Å². The van der Waals surface area contributed by atoms with Crippen LogP contribution < -0.4 is 0 Å². The lowest BCUT2D eigenvalue weighted by Gasteiger charge is -1.88. The fraction of sp³-hybridized carbons (Fsp3) is 0.250. The van der Waals surface area contributed by atoms with Gasteiger partial charge in [-0.15, -0.1) is 0 Å². The summed E-state index contributed by atoms with van der Waals surface area (Å²) in [6, 6.07) is 0. The molecule has 0 N–H and O–H groups in total. The maximum Gasteiger partial charge on any atom is 0.234 e. The summed E-state index contributed by atoms with van der Waals surface area (Å²) in [4.78, 5) is 7.90. The smallest absolute Gasteiger partial charge is 0.234 e. The molecule has 2 heterocycles. The van der Waals surface area contributed by atoms with Gasteiger partial charge in [0.05, 0.1) is 24.3 Å². The number of imidazole rings is 1. The van der Waals surface area contributed by atoms with E-state index in [2.05, 4.69) is 16.2 Å². The van der Waals surface area contributed by atoms with Crippen LogP contribution in [0.25, 0.3) is 5.78 Å². The highest BCUT2D eigenvalue weighted by molar-refractivity contribution is 5.29. The molecule has 12 heavy (non-hydrogen) atoms. The molecule has 0 spiro atoms. The van der Waals surface area contributed by atoms with Gasteiger partial charge in [-0.3, -0.25) is 4.40 Å². The van der Waals surface area contributed by atoms with Crippen LogP contribution in [0.2, 0.25) is 0 Å². The van der Waals surface area contributed by atoms with Gasteiger partial charge in [0.15, 0.2) is 5.82 Å². The molecule has 2 aromatic rings. The number of fused-ring (bicyclic) bond motifs is 1. The first-order valence-corrected chi connectivity index (χ1v) is 3.71. The van der Waals surface area contributed by atoms with Crippen molar-refractivity contribution in [1.29, 1.82) is 0 Å². The summed E-state index contributed by atoms with van der Waals surface area (Å²) in [7, 11) is 0. The molecule has 0 aliphatic carbocycles. The van der Waals surface area contributed by atoms with Crippen molar-refractivity contribution in [1.82, 2.24) is 14.4 Å². The summed E-state index contributed by atoms with van der Waals surface area (Å²) in [6.45, 7) is 1.97. The first-order chi connectivity index (χ1) is 5.79. The van der Waals surface area contributed by atoms with Gasteiger partial charge in [-0.05, 0) is 6.42 Å². The minimum atomic E-state index is -0.376. The predicted molar refractivity (Wildman–Crippen MR) is 41.2 cm³/mol. The maximum absolute atomic E-state index is 12.6. The van der Waals surface area contributed by atoms with Crippen LogP contribution in [0.15, 0.2) is 12.4 Å². The standard InChI is InChI=1S/C8H7FN3/c1-2-7-5-12-4-6(9)3-10-8(12)11-7/h3-4H,2H2,1H3. The van der Waals surface area contributed by atoms with Crippen LogP contribution in [0.1, 0.15) is 12.6 Å². The Morgan fingerprint density at radius 2 is 2.50 bits per heavy atom. The molecule has 0 fully saturated rings. The SMILES string of the molecule is CCc1[c]n2cc(F)cnc2n1. The van der Waals surface area contributed by atoms with Crippen molar-refractivity contribution >= 4 is 5.78 Å². The normalized spacial score (nSPS) is 10.8. The lowest BCUT2D eigenvalue weighted by atomic mass is 10.4. The molecule has 2 aromatic heterocycles. The van der Waals surface area contributed by atoms with E-state index >= 15 is 0 Å². The molecular formula is C8H7FN3. The largest absolute Gasteiger partial charge is 0.279 e. The van der Waals surface area contributed by atoms with Crippen LogP contribution in [0.4, 0.5) is 4.39 Å². The highest BCUT2D eigenvalue weighted by Crippen LogP contribution is 2.02. The molecule has 61 valence electrons. The summed E-state index contributed by atoms with van der Waals surface area (Å²) in [5, 5.41) is 0. The molecule has 0 atom stereocenters. The van der Waals surface area contributed by atoms with Crippen LogP contribution in [0, 0.1) is 12.0 Å². The van der Waals surface area contributed by atoms with Gasteiger partial charge in [-0.1, -0.05) is 6.92 Å². The molecule has 4 heteroatoms. The van der Waals surface area contributed by atoms with Crippen LogP contribution in [0.5, 0.6) is 0 Å². The second-order valence-corrected chi connectivity index (χ2v) is 2.47. The number of halogens is 1. The summed E-state index contributed by atoms with van der Waals surface area (Å²) in [5.74, 6) is 0.118. The zero-order valence-electron chi connectivity index (χ0n) is 6.58. The molecule has 2 rings (SSSR count). The van der Waals surface area contributed by atoms with Crippen LogP contribution >= 0.6 is 0 Å². The Balaban J connectivity index is 2.67. The summed E-state index contributed by atoms with van der Waals surface area (Å²) >= 11 is 0. The maximum atomic E-state index is 12.6. The fourth-order valence-electron chi connectivity index (χ4n) is 1.00. The van der Waals surface area contributed by atoms with Crippen molar-refractivity contribution in [3.63, 3.8) is 0 Å². The Kier molecular flexibility index (Phi) is 1.53. The van der Waals surface area contributed by atoms with E-state index in [1.165, 1.54) is 10.6 Å². The van der Waals surface area contributed by atoms with Gasteiger partial charge in [0.2, 0.25) is 5.78 Å². The van der Waals surface area contributed by atoms with E-state index in [4.69, 9.17) is 0 Å². The molecule has 0 aromatic carbocycles. The minimum Gasteiger partial charge on any atom is -0.279 e. The molecule has 3 nitrogen and oxygen atoms in total. The second-order valence-electron chi connectivity index (χ2n) is 2.47. The number of rotatable bonds is 1. The summed E-state index contributed by atoms with van der Waals surface area (Å²) < 4.78 is 14.1. The minimum absolute atomic E-state index is 0.376. The zero-order chi connectivity index (χ0) is 8.55. The molecular weight excluding hydrogens is 157 g/mol. The molecule has 0 amide bonds. The van der Waals surface area contributed by atoms with Gasteiger partial charge < -0.3 is 0 Å². The van der Waals surface area contributed by atoms with Crippen LogP contribution in [-0.4, -0.2) is 14.4 Å². The van der Waals surface area contributed by atoms with Crippen molar-refractivity contribution in [2.24, 2.45) is 0 Å². The van der Waals surface area contributed by atoms with E-state index in [-0.39, 0.29) is 5.82 Å². The average Bonchev–Trinajstić information content (AvgIpc) is 2.46. The van der Waals surface area contributed by atoms with Crippen molar-refractivity contribution in [3.05, 3.63) is 30.1 Å². The molecule has 1 radical (unpaired) electrons. The molecule has 0 bridgehead atoms. The molecule has 0 aliphatic rings. The van der Waals surface area contributed by atoms with E-state index in [9.17, 15) is 4.39 Å². The average molecular weight is 164 g/mol. The Bertz CT molecular complexity index is 408. The van der Waals surface area contributed by atoms with Crippen molar-refractivity contribution in [2.45, 2.75) is 13.3 Å². The van der Waals surface area contributed by atoms with Crippen molar-refractivity contribution < 1.29 is 4.39 Å². The topological polar surface area (TPSA) is 30.2 Å². The Labute approximate surface area is 68.9 Å². The third-order valence-electron chi connectivity index (χ3n) is 1.59. The van der Waals surface area contributed by atoms with Gasteiger partial charge in [0.25, 0.3) is 0 Å². The lowest BCUT2D eigenvalue weighted by molar-refractivity contribution is 0.611. The highest BCUT2D eigenvalue weighted by atomic mass is 19.1. The monoisotopic (exact) mass is 164 g/mol. The Morgan fingerprint density at radius 3 is 3.25 bits per heavy atom. The third-order valence-corrected chi connectivity index (χ3v) is 1.59. The van der Waals surface area contributed by atoms with Gasteiger partial charge >= 0.3 is 0 Å². The Morgan fingerprint density at radius 1 is 1.67 bits per heavy atom. The fourth-order valence-corrected chi connectivity index (χ4v) is 1.00. The van der Waals surface area contributed by atoms with Crippen molar-refractivity contribution in [3.8, 4) is 0 Å².